The van der Waals surface area contributed by atoms with Gasteiger partial charge in [0.05, 0.1) is 0 Å². The molecule has 0 spiro atoms. The van der Waals surface area contributed by atoms with Crippen molar-refractivity contribution >= 4 is 29.4 Å². The number of nitrogens with zero attached hydrogens (tertiary/aromatic N) is 2. The highest BCUT2D eigenvalue weighted by Gasteiger charge is 2.13. The number of aromatic nitrogens is 2. The molecule has 1 aromatic heterocycles. The minimum atomic E-state index is -0.242. The highest BCUT2D eigenvalue weighted by molar-refractivity contribution is 7.98. The molecule has 0 aliphatic rings. The molecule has 2 unspecified atom stereocenters. The maximum Gasteiger partial charge on any atom is 0.315 e. The quantitative estimate of drug-likeness (QED) is 0.786. The molecular weight excluding hydrogens is 234 g/mol. The van der Waals surface area contributed by atoms with Gasteiger partial charge in [0.2, 0.25) is 5.89 Å². The Balaban J connectivity index is 2.55. The zero-order valence-electron chi connectivity index (χ0n) is 9.16. The summed E-state index contributed by atoms with van der Waals surface area (Å²) in [5, 5.41) is 10.7. The van der Waals surface area contributed by atoms with Gasteiger partial charge < -0.3 is 9.73 Å². The fraction of sp³-hybridized carbons (Fsp3) is 0.778. The Morgan fingerprint density at radius 1 is 1.53 bits per heavy atom. The summed E-state index contributed by atoms with van der Waals surface area (Å²) in [7, 11) is 0. The van der Waals surface area contributed by atoms with E-state index in [4.69, 9.17) is 16.0 Å². The van der Waals surface area contributed by atoms with Crippen molar-refractivity contribution in [2.75, 3.05) is 17.3 Å². The zero-order chi connectivity index (χ0) is 11.3. The Labute approximate surface area is 99.2 Å². The zero-order valence-corrected chi connectivity index (χ0v) is 10.7. The van der Waals surface area contributed by atoms with Crippen LogP contribution in [-0.2, 0) is 0 Å². The van der Waals surface area contributed by atoms with Gasteiger partial charge in [-0.3, -0.25) is 0 Å². The van der Waals surface area contributed by atoms with Crippen LogP contribution in [0.3, 0.4) is 0 Å². The van der Waals surface area contributed by atoms with Crippen LogP contribution in [0.15, 0.2) is 4.42 Å². The van der Waals surface area contributed by atoms with Crippen molar-refractivity contribution in [2.24, 2.45) is 0 Å². The van der Waals surface area contributed by atoms with Gasteiger partial charge in [-0.05, 0) is 19.6 Å². The number of nitrogens with one attached hydrogen (secondary N) is 1. The molecule has 2 atom stereocenters. The first-order chi connectivity index (χ1) is 7.17. The predicted molar refractivity (Wildman–Crippen MR) is 64.6 cm³/mol. The van der Waals surface area contributed by atoms with E-state index >= 15 is 0 Å². The molecule has 0 saturated heterocycles. The maximum absolute atomic E-state index is 5.82. The summed E-state index contributed by atoms with van der Waals surface area (Å²) in [6.45, 7) is 3.92. The van der Waals surface area contributed by atoms with Crippen LogP contribution < -0.4 is 5.32 Å². The summed E-state index contributed by atoms with van der Waals surface area (Å²) >= 11 is 7.61. The lowest BCUT2D eigenvalue weighted by molar-refractivity contribution is 0.500. The normalized spacial score (nSPS) is 14.9. The first-order valence-corrected chi connectivity index (χ1v) is 6.73. The van der Waals surface area contributed by atoms with E-state index in [-0.39, 0.29) is 5.38 Å². The Hall–Kier alpha value is -0.420. The van der Waals surface area contributed by atoms with Crippen molar-refractivity contribution in [3.63, 3.8) is 0 Å². The Kier molecular flexibility index (Phi) is 5.25. The van der Waals surface area contributed by atoms with Crippen molar-refractivity contribution < 1.29 is 4.42 Å². The van der Waals surface area contributed by atoms with Gasteiger partial charge in [0, 0.05) is 11.8 Å². The number of halogens is 1. The molecule has 4 nitrogen and oxygen atoms in total. The van der Waals surface area contributed by atoms with E-state index < -0.39 is 0 Å². The second kappa shape index (κ2) is 6.23. The molecule has 0 fully saturated rings. The minimum absolute atomic E-state index is 0.242. The average Bonchev–Trinajstić information content (AvgIpc) is 2.65. The fourth-order valence-electron chi connectivity index (χ4n) is 1.09. The Bertz CT molecular complexity index is 293. The molecule has 1 heterocycles. The highest BCUT2D eigenvalue weighted by atomic mass is 35.5. The number of hydrogen-bond donors (Lipinski definition) is 1. The van der Waals surface area contributed by atoms with E-state index in [0.717, 1.165) is 12.2 Å². The summed E-state index contributed by atoms with van der Waals surface area (Å²) < 4.78 is 5.35. The molecule has 0 radical (unpaired) electrons. The van der Waals surface area contributed by atoms with Crippen LogP contribution in [0.25, 0.3) is 0 Å². The molecule has 0 aromatic carbocycles. The third-order valence-electron chi connectivity index (χ3n) is 1.97. The topological polar surface area (TPSA) is 51.0 Å². The van der Waals surface area contributed by atoms with Gasteiger partial charge in [-0.1, -0.05) is 12.0 Å². The second-order valence-corrected chi connectivity index (χ2v) is 4.83. The Morgan fingerprint density at radius 2 is 2.27 bits per heavy atom. The van der Waals surface area contributed by atoms with Crippen molar-refractivity contribution in [2.45, 2.75) is 31.7 Å². The molecule has 1 rings (SSSR count). The van der Waals surface area contributed by atoms with Crippen molar-refractivity contribution in [3.05, 3.63) is 5.89 Å². The number of hydrogen-bond acceptors (Lipinski definition) is 5. The molecule has 0 bridgehead atoms. The van der Waals surface area contributed by atoms with Crippen LogP contribution in [-0.4, -0.2) is 28.2 Å². The molecule has 86 valence electrons. The average molecular weight is 250 g/mol. The van der Waals surface area contributed by atoms with Crippen LogP contribution in [0.1, 0.15) is 31.5 Å². The summed E-state index contributed by atoms with van der Waals surface area (Å²) in [6, 6.07) is 0.817. The maximum atomic E-state index is 5.82. The summed E-state index contributed by atoms with van der Waals surface area (Å²) in [4.78, 5) is 0. The summed E-state index contributed by atoms with van der Waals surface area (Å²) in [5.41, 5.74) is 0. The monoisotopic (exact) mass is 249 g/mol. The van der Waals surface area contributed by atoms with Crippen LogP contribution in [0.4, 0.5) is 6.01 Å². The summed E-state index contributed by atoms with van der Waals surface area (Å²) in [5.74, 6) is 1.48. The molecule has 0 saturated carbocycles. The molecule has 0 amide bonds. The molecule has 15 heavy (non-hydrogen) atoms. The van der Waals surface area contributed by atoms with E-state index in [0.29, 0.717) is 17.9 Å². The lowest BCUT2D eigenvalue weighted by Crippen LogP contribution is -2.21. The second-order valence-electron chi connectivity index (χ2n) is 3.27. The van der Waals surface area contributed by atoms with Gasteiger partial charge in [0.25, 0.3) is 0 Å². The third-order valence-corrected chi connectivity index (χ3v) is 2.89. The molecular formula is C9H16ClN3OS. The lowest BCUT2D eigenvalue weighted by atomic mass is 10.3. The van der Waals surface area contributed by atoms with Gasteiger partial charge >= 0.3 is 6.01 Å². The van der Waals surface area contributed by atoms with Crippen LogP contribution >= 0.6 is 23.4 Å². The van der Waals surface area contributed by atoms with Crippen molar-refractivity contribution in [1.82, 2.24) is 10.2 Å². The van der Waals surface area contributed by atoms with E-state index in [9.17, 15) is 0 Å². The standard InChI is InChI=1S/C9H16ClN3OS/c1-4-7(5-15-3)11-9-13-12-8(14-9)6(2)10/h6-7H,4-5H2,1-3H3,(H,11,13). The van der Waals surface area contributed by atoms with E-state index in [2.05, 4.69) is 28.7 Å². The first kappa shape index (κ1) is 12.6. The first-order valence-electron chi connectivity index (χ1n) is 4.90. The van der Waals surface area contributed by atoms with Gasteiger partial charge in [-0.25, -0.2) is 0 Å². The lowest BCUT2D eigenvalue weighted by Gasteiger charge is -2.12. The van der Waals surface area contributed by atoms with Crippen LogP contribution in [0.2, 0.25) is 0 Å². The van der Waals surface area contributed by atoms with E-state index in [1.54, 1.807) is 18.7 Å². The van der Waals surface area contributed by atoms with Crippen molar-refractivity contribution in [1.29, 1.82) is 0 Å². The number of thioether (sulfide) groups is 1. The number of anilines is 1. The predicted octanol–water partition coefficient (Wildman–Crippen LogP) is 2.92. The van der Waals surface area contributed by atoms with Gasteiger partial charge in [0.1, 0.15) is 5.38 Å². The molecule has 0 aliphatic carbocycles. The van der Waals surface area contributed by atoms with Crippen LogP contribution in [0.5, 0.6) is 0 Å². The molecule has 0 aliphatic heterocycles. The van der Waals surface area contributed by atoms with E-state index in [1.165, 1.54) is 0 Å². The minimum Gasteiger partial charge on any atom is -0.406 e. The largest absolute Gasteiger partial charge is 0.406 e. The van der Waals surface area contributed by atoms with Crippen LogP contribution in [0, 0.1) is 0 Å². The van der Waals surface area contributed by atoms with Gasteiger partial charge in [-0.2, -0.15) is 11.8 Å². The number of alkyl halides is 1. The smallest absolute Gasteiger partial charge is 0.315 e. The Morgan fingerprint density at radius 3 is 2.73 bits per heavy atom. The van der Waals surface area contributed by atoms with Gasteiger partial charge in [0.15, 0.2) is 0 Å². The molecule has 6 heteroatoms. The highest BCUT2D eigenvalue weighted by Crippen LogP contribution is 2.20. The molecule has 1 aromatic rings. The van der Waals surface area contributed by atoms with E-state index in [1.807, 2.05) is 0 Å². The SMILES string of the molecule is CCC(CSC)Nc1nnc(C(C)Cl)o1. The van der Waals surface area contributed by atoms with Crippen molar-refractivity contribution in [3.8, 4) is 0 Å². The molecule has 1 N–H and O–H groups in total. The fourth-order valence-corrected chi connectivity index (χ4v) is 1.90. The summed E-state index contributed by atoms with van der Waals surface area (Å²) in [6.07, 6.45) is 3.10. The van der Waals surface area contributed by atoms with Gasteiger partial charge in [-0.15, -0.1) is 16.7 Å². The third kappa shape index (κ3) is 3.91. The number of rotatable bonds is 6.